The molecule has 8 heteroatoms. The number of aromatic hydroxyl groups is 1. The van der Waals surface area contributed by atoms with E-state index in [1.807, 2.05) is 6.07 Å². The van der Waals surface area contributed by atoms with Gasteiger partial charge >= 0.3 is 0 Å². The van der Waals surface area contributed by atoms with Gasteiger partial charge in [-0.1, -0.05) is 6.07 Å². The van der Waals surface area contributed by atoms with Crippen LogP contribution in [0.4, 0.5) is 14.6 Å². The lowest BCUT2D eigenvalue weighted by atomic mass is 9.65. The van der Waals surface area contributed by atoms with Crippen molar-refractivity contribution in [3.8, 4) is 23.1 Å². The molecule has 2 heterocycles. The second kappa shape index (κ2) is 7.43. The highest BCUT2D eigenvalue weighted by atomic mass is 19.1. The summed E-state index contributed by atoms with van der Waals surface area (Å²) < 4.78 is 27.9. The smallest absolute Gasteiger partial charge is 0.148 e. The SMILES string of the molecule is N#Cc1cccc(-c2ccc(NCC3(c4ncccc4F)CC(F)C3)nn2)c1O. The maximum Gasteiger partial charge on any atom is 0.148 e. The molecule has 0 radical (unpaired) electrons. The second-order valence-electron chi connectivity index (χ2n) is 7.09. The molecule has 1 aliphatic carbocycles. The predicted molar refractivity (Wildman–Crippen MR) is 102 cm³/mol. The standard InChI is InChI=1S/C21H17F2N5O/c22-14-9-21(10-14,20-16(23)5-2-8-25-20)12-26-18-7-6-17(27-28-18)15-4-1-3-13(11-24)19(15)29/h1-8,14,29H,9-10,12H2,(H,26,28). The largest absolute Gasteiger partial charge is 0.506 e. The summed E-state index contributed by atoms with van der Waals surface area (Å²) in [4.78, 5) is 4.13. The Hall–Kier alpha value is -3.60. The van der Waals surface area contributed by atoms with E-state index in [1.165, 1.54) is 24.4 Å². The van der Waals surface area contributed by atoms with Gasteiger partial charge in [-0.2, -0.15) is 5.26 Å². The van der Waals surface area contributed by atoms with E-state index in [1.54, 1.807) is 24.3 Å². The first kappa shape index (κ1) is 18.7. The van der Waals surface area contributed by atoms with Gasteiger partial charge < -0.3 is 10.4 Å². The van der Waals surface area contributed by atoms with Gasteiger partial charge in [0.1, 0.15) is 29.6 Å². The first-order valence-electron chi connectivity index (χ1n) is 9.07. The third kappa shape index (κ3) is 3.47. The van der Waals surface area contributed by atoms with Crippen molar-refractivity contribution in [1.82, 2.24) is 15.2 Å². The number of nitrogens with zero attached hydrogens (tertiary/aromatic N) is 4. The van der Waals surface area contributed by atoms with Gasteiger partial charge in [0.2, 0.25) is 0 Å². The topological polar surface area (TPSA) is 94.7 Å². The maximum absolute atomic E-state index is 14.2. The number of anilines is 1. The van der Waals surface area contributed by atoms with E-state index < -0.39 is 17.4 Å². The number of hydrogen-bond donors (Lipinski definition) is 2. The van der Waals surface area contributed by atoms with Gasteiger partial charge in [0.25, 0.3) is 0 Å². The van der Waals surface area contributed by atoms with Gasteiger partial charge in [-0.05, 0) is 49.2 Å². The summed E-state index contributed by atoms with van der Waals surface area (Å²) in [5, 5.41) is 30.4. The first-order chi connectivity index (χ1) is 14.0. The highest BCUT2D eigenvalue weighted by molar-refractivity contribution is 5.70. The van der Waals surface area contributed by atoms with Crippen LogP contribution in [0, 0.1) is 17.1 Å². The molecule has 2 aromatic heterocycles. The number of benzene rings is 1. The fourth-order valence-electron chi connectivity index (χ4n) is 3.66. The number of alkyl halides is 1. The molecule has 0 amide bonds. The molecule has 0 bridgehead atoms. The number of aromatic nitrogens is 3. The van der Waals surface area contributed by atoms with E-state index in [0.717, 1.165) is 0 Å². The number of halogens is 2. The molecule has 0 aliphatic heterocycles. The molecule has 0 saturated heterocycles. The zero-order valence-corrected chi connectivity index (χ0v) is 15.3. The lowest BCUT2D eigenvalue weighted by molar-refractivity contribution is 0.0964. The molecule has 146 valence electrons. The van der Waals surface area contributed by atoms with Crippen molar-refractivity contribution >= 4 is 5.82 Å². The lowest BCUT2D eigenvalue weighted by Gasteiger charge is -2.44. The minimum absolute atomic E-state index is 0.150. The zero-order chi connectivity index (χ0) is 20.4. The lowest BCUT2D eigenvalue weighted by Crippen LogP contribution is -2.49. The number of phenols is 1. The molecular weight excluding hydrogens is 376 g/mol. The molecule has 1 fully saturated rings. The Labute approximate surface area is 165 Å². The molecule has 1 aliphatic rings. The Balaban J connectivity index is 1.52. The fourth-order valence-corrected chi connectivity index (χ4v) is 3.66. The molecular formula is C21H17F2N5O. The summed E-state index contributed by atoms with van der Waals surface area (Å²) in [6.45, 7) is 0.268. The van der Waals surface area contributed by atoms with Crippen LogP contribution in [0.25, 0.3) is 11.3 Å². The third-order valence-electron chi connectivity index (χ3n) is 5.19. The number of pyridine rings is 1. The van der Waals surface area contributed by atoms with Crippen LogP contribution >= 0.6 is 0 Å². The molecule has 0 atom stereocenters. The minimum atomic E-state index is -0.984. The normalized spacial score (nSPS) is 20.5. The van der Waals surface area contributed by atoms with E-state index in [0.29, 0.717) is 17.1 Å². The van der Waals surface area contributed by atoms with Crippen molar-refractivity contribution in [1.29, 1.82) is 5.26 Å². The average Bonchev–Trinajstić information content (AvgIpc) is 2.71. The molecule has 4 rings (SSSR count). The molecule has 1 aromatic carbocycles. The Morgan fingerprint density at radius 2 is 2.00 bits per heavy atom. The fraction of sp³-hybridized carbons (Fsp3) is 0.238. The average molecular weight is 393 g/mol. The van der Waals surface area contributed by atoms with Crippen molar-refractivity contribution in [2.24, 2.45) is 0 Å². The van der Waals surface area contributed by atoms with Crippen molar-refractivity contribution in [3.05, 3.63) is 65.7 Å². The number of para-hydroxylation sites is 1. The number of hydrogen-bond acceptors (Lipinski definition) is 6. The monoisotopic (exact) mass is 393 g/mol. The second-order valence-corrected chi connectivity index (χ2v) is 7.09. The van der Waals surface area contributed by atoms with Gasteiger partial charge in [0.15, 0.2) is 0 Å². The number of nitriles is 1. The Bertz CT molecular complexity index is 1080. The van der Waals surface area contributed by atoms with Gasteiger partial charge in [-0.15, -0.1) is 10.2 Å². The van der Waals surface area contributed by atoms with Gasteiger partial charge in [0.05, 0.1) is 17.0 Å². The van der Waals surface area contributed by atoms with Crippen molar-refractivity contribution in [2.75, 3.05) is 11.9 Å². The van der Waals surface area contributed by atoms with Gasteiger partial charge in [0, 0.05) is 23.7 Å². The summed E-state index contributed by atoms with van der Waals surface area (Å²) in [5.74, 6) is -0.170. The summed E-state index contributed by atoms with van der Waals surface area (Å²) >= 11 is 0. The minimum Gasteiger partial charge on any atom is -0.506 e. The van der Waals surface area contributed by atoms with Crippen LogP contribution in [0.5, 0.6) is 5.75 Å². The van der Waals surface area contributed by atoms with Crippen LogP contribution in [0.1, 0.15) is 24.1 Å². The van der Waals surface area contributed by atoms with Crippen LogP contribution in [0.15, 0.2) is 48.7 Å². The summed E-state index contributed by atoms with van der Waals surface area (Å²) in [6, 6.07) is 12.9. The predicted octanol–water partition coefficient (Wildman–Crippen LogP) is 3.74. The molecule has 2 N–H and O–H groups in total. The molecule has 3 aromatic rings. The summed E-state index contributed by atoms with van der Waals surface area (Å²) in [7, 11) is 0. The summed E-state index contributed by atoms with van der Waals surface area (Å²) in [6.07, 6.45) is 0.895. The van der Waals surface area contributed by atoms with Gasteiger partial charge in [-0.25, -0.2) is 8.78 Å². The van der Waals surface area contributed by atoms with E-state index in [-0.39, 0.29) is 36.4 Å². The van der Waals surface area contributed by atoms with Crippen LogP contribution in [-0.4, -0.2) is 33.0 Å². The number of nitrogens with one attached hydrogen (secondary N) is 1. The highest BCUT2D eigenvalue weighted by Gasteiger charge is 2.48. The first-order valence-corrected chi connectivity index (χ1v) is 9.07. The Morgan fingerprint density at radius 1 is 1.17 bits per heavy atom. The number of rotatable bonds is 5. The van der Waals surface area contributed by atoms with Crippen molar-refractivity contribution < 1.29 is 13.9 Å². The van der Waals surface area contributed by atoms with E-state index >= 15 is 0 Å². The number of phenolic OH excluding ortho intramolecular Hbond substituents is 1. The molecule has 0 unspecified atom stereocenters. The van der Waals surface area contributed by atoms with Gasteiger partial charge in [-0.3, -0.25) is 4.98 Å². The molecule has 0 spiro atoms. The third-order valence-corrected chi connectivity index (χ3v) is 5.19. The highest BCUT2D eigenvalue weighted by Crippen LogP contribution is 2.45. The molecule has 6 nitrogen and oxygen atoms in total. The molecule has 29 heavy (non-hydrogen) atoms. The van der Waals surface area contributed by atoms with E-state index in [4.69, 9.17) is 5.26 Å². The van der Waals surface area contributed by atoms with E-state index in [2.05, 4.69) is 20.5 Å². The Morgan fingerprint density at radius 3 is 2.66 bits per heavy atom. The maximum atomic E-state index is 14.2. The van der Waals surface area contributed by atoms with Crippen molar-refractivity contribution in [2.45, 2.75) is 24.4 Å². The van der Waals surface area contributed by atoms with Crippen LogP contribution in [0.3, 0.4) is 0 Å². The Kier molecular flexibility index (Phi) is 4.80. The van der Waals surface area contributed by atoms with Crippen LogP contribution < -0.4 is 5.32 Å². The van der Waals surface area contributed by atoms with Crippen LogP contribution in [-0.2, 0) is 5.41 Å². The van der Waals surface area contributed by atoms with Crippen LogP contribution in [0.2, 0.25) is 0 Å². The van der Waals surface area contributed by atoms with Crippen molar-refractivity contribution in [3.63, 3.8) is 0 Å². The van der Waals surface area contributed by atoms with E-state index in [9.17, 15) is 13.9 Å². The summed E-state index contributed by atoms with van der Waals surface area (Å²) in [5.41, 5.74) is 0.475. The molecule has 1 saturated carbocycles. The zero-order valence-electron chi connectivity index (χ0n) is 15.3. The quantitative estimate of drug-likeness (QED) is 0.686.